The molecular weight excluding hydrogens is 440 g/mol. The Hall–Kier alpha value is -2.38. The van der Waals surface area contributed by atoms with Crippen molar-refractivity contribution in [1.29, 1.82) is 0 Å². The van der Waals surface area contributed by atoms with Crippen LogP contribution in [0.3, 0.4) is 0 Å². The molecule has 1 N–H and O–H groups in total. The summed E-state index contributed by atoms with van der Waals surface area (Å²) in [6.07, 6.45) is 8.39. The first kappa shape index (κ1) is 23.8. The third kappa shape index (κ3) is 6.58. The van der Waals surface area contributed by atoms with E-state index in [-0.39, 0.29) is 11.9 Å². The summed E-state index contributed by atoms with van der Waals surface area (Å²) in [4.78, 5) is 23.9. The zero-order chi connectivity index (χ0) is 23.2. The Labute approximate surface area is 200 Å². The van der Waals surface area contributed by atoms with Gasteiger partial charge < -0.3 is 19.7 Å². The lowest BCUT2D eigenvalue weighted by Crippen LogP contribution is -2.41. The maximum Gasteiger partial charge on any atom is 0.306 e. The molecule has 1 saturated carbocycles. The van der Waals surface area contributed by atoms with E-state index in [0.717, 1.165) is 55.6 Å². The van der Waals surface area contributed by atoms with Crippen molar-refractivity contribution in [3.8, 4) is 0 Å². The highest BCUT2D eigenvalue weighted by molar-refractivity contribution is 6.30. The smallest absolute Gasteiger partial charge is 0.306 e. The van der Waals surface area contributed by atoms with Crippen LogP contribution in [-0.4, -0.2) is 48.3 Å². The molecule has 3 heterocycles. The number of nitrogens with zero attached hydrogens (tertiary/aromatic N) is 3. The Kier molecular flexibility index (Phi) is 8.04. The molecule has 2 aromatic heterocycles. The highest BCUT2D eigenvalue weighted by Gasteiger charge is 2.31. The predicted octanol–water partition coefficient (Wildman–Crippen LogP) is 5.33. The highest BCUT2D eigenvalue weighted by atomic mass is 35.5. The Balaban J connectivity index is 1.65. The quantitative estimate of drug-likeness (QED) is 0.468. The van der Waals surface area contributed by atoms with Gasteiger partial charge in [0, 0.05) is 38.2 Å². The first-order valence-electron chi connectivity index (χ1n) is 11.9. The molecular formula is C25H33ClN4O3. The maximum atomic E-state index is 12.0. The molecule has 0 radical (unpaired) electrons. The highest BCUT2D eigenvalue weighted by Crippen LogP contribution is 2.37. The van der Waals surface area contributed by atoms with Crippen LogP contribution in [0.1, 0.15) is 57.4 Å². The molecule has 2 aliphatic rings. The minimum Gasteiger partial charge on any atom is -0.466 e. The number of carbonyl (C=O) groups excluding carboxylic acids is 1. The molecule has 2 aromatic rings. The Morgan fingerprint density at radius 1 is 1.24 bits per heavy atom. The van der Waals surface area contributed by atoms with Gasteiger partial charge in [0.1, 0.15) is 5.82 Å². The fraction of sp³-hybridized carbons (Fsp3) is 0.560. The van der Waals surface area contributed by atoms with Crippen LogP contribution in [0.15, 0.2) is 30.6 Å². The number of nitrogens with one attached hydrogen (secondary N) is 1. The van der Waals surface area contributed by atoms with E-state index in [9.17, 15) is 4.79 Å². The first-order chi connectivity index (χ1) is 16.0. The first-order valence-corrected chi connectivity index (χ1v) is 12.3. The summed E-state index contributed by atoms with van der Waals surface area (Å²) in [5, 5.41) is 4.06. The lowest BCUT2D eigenvalue weighted by molar-refractivity contribution is -0.143. The second-order valence-corrected chi connectivity index (χ2v) is 9.41. The van der Waals surface area contributed by atoms with Gasteiger partial charge in [-0.1, -0.05) is 18.5 Å². The lowest BCUT2D eigenvalue weighted by Gasteiger charge is -2.36. The summed E-state index contributed by atoms with van der Waals surface area (Å²) in [5.74, 6) is 2.15. The third-order valence-electron chi connectivity index (χ3n) is 6.28. The lowest BCUT2D eigenvalue weighted by atomic mass is 9.98. The zero-order valence-corrected chi connectivity index (χ0v) is 20.2. The van der Waals surface area contributed by atoms with Crippen molar-refractivity contribution in [2.75, 3.05) is 36.6 Å². The van der Waals surface area contributed by atoms with E-state index in [0.29, 0.717) is 29.9 Å². The molecule has 1 unspecified atom stereocenters. The molecule has 1 aliphatic heterocycles. The molecule has 0 aromatic carbocycles. The molecule has 1 saturated heterocycles. The van der Waals surface area contributed by atoms with Crippen LogP contribution in [-0.2, 0) is 14.3 Å². The van der Waals surface area contributed by atoms with Gasteiger partial charge in [0.05, 0.1) is 23.7 Å². The number of pyridine rings is 2. The summed E-state index contributed by atoms with van der Waals surface area (Å²) in [7, 11) is 0. The molecule has 8 heteroatoms. The standard InChI is InChI=1S/C25H33ClN4O3/c1-3-33-24(31)12-17(2)19-13-22(29-23-7-6-20(26)15-27-23)25(28-14-19)30(16-18-4-5-18)21-8-10-32-11-9-21/h6-7,13-15,17-18,21H,3-5,8-12,16H2,1-2H3,(H,27,29). The number of anilines is 3. The van der Waals surface area contributed by atoms with E-state index in [1.807, 2.05) is 32.2 Å². The zero-order valence-electron chi connectivity index (χ0n) is 19.4. The van der Waals surface area contributed by atoms with Crippen molar-refractivity contribution in [2.24, 2.45) is 5.92 Å². The van der Waals surface area contributed by atoms with Gasteiger partial charge in [-0.3, -0.25) is 4.79 Å². The fourth-order valence-corrected chi connectivity index (χ4v) is 4.34. The Morgan fingerprint density at radius 2 is 2.03 bits per heavy atom. The summed E-state index contributed by atoms with van der Waals surface area (Å²) >= 11 is 6.04. The van der Waals surface area contributed by atoms with Gasteiger partial charge >= 0.3 is 5.97 Å². The third-order valence-corrected chi connectivity index (χ3v) is 6.50. The van der Waals surface area contributed by atoms with E-state index in [4.69, 9.17) is 26.1 Å². The minimum absolute atomic E-state index is 0.00992. The van der Waals surface area contributed by atoms with E-state index in [1.54, 1.807) is 6.20 Å². The van der Waals surface area contributed by atoms with Gasteiger partial charge in [0.25, 0.3) is 0 Å². The van der Waals surface area contributed by atoms with Crippen LogP contribution in [0.2, 0.25) is 5.02 Å². The van der Waals surface area contributed by atoms with Crippen molar-refractivity contribution in [1.82, 2.24) is 9.97 Å². The molecule has 1 atom stereocenters. The second-order valence-electron chi connectivity index (χ2n) is 8.98. The Bertz CT molecular complexity index is 930. The van der Waals surface area contributed by atoms with E-state index in [2.05, 4.69) is 21.3 Å². The van der Waals surface area contributed by atoms with Gasteiger partial charge in [0.2, 0.25) is 0 Å². The van der Waals surface area contributed by atoms with Gasteiger partial charge in [-0.15, -0.1) is 0 Å². The minimum atomic E-state index is -0.194. The van der Waals surface area contributed by atoms with Crippen LogP contribution >= 0.6 is 11.6 Å². The van der Waals surface area contributed by atoms with Crippen molar-refractivity contribution in [3.05, 3.63) is 41.2 Å². The molecule has 178 valence electrons. The van der Waals surface area contributed by atoms with Crippen LogP contribution in [0.25, 0.3) is 0 Å². The summed E-state index contributed by atoms with van der Waals surface area (Å²) in [6, 6.07) is 6.17. The number of carbonyl (C=O) groups is 1. The largest absolute Gasteiger partial charge is 0.466 e. The number of esters is 1. The topological polar surface area (TPSA) is 76.6 Å². The van der Waals surface area contributed by atoms with E-state index >= 15 is 0 Å². The molecule has 1 aliphatic carbocycles. The maximum absolute atomic E-state index is 12.0. The normalized spacial score (nSPS) is 17.4. The van der Waals surface area contributed by atoms with Gasteiger partial charge in [0.15, 0.2) is 5.82 Å². The summed E-state index contributed by atoms with van der Waals surface area (Å²) in [5.41, 5.74) is 1.88. The number of rotatable bonds is 10. The molecule has 4 rings (SSSR count). The fourth-order valence-electron chi connectivity index (χ4n) is 4.22. The number of aromatic nitrogens is 2. The number of ether oxygens (including phenoxy) is 2. The predicted molar refractivity (Wildman–Crippen MR) is 130 cm³/mol. The van der Waals surface area contributed by atoms with Gasteiger partial charge in [-0.25, -0.2) is 9.97 Å². The monoisotopic (exact) mass is 472 g/mol. The average molecular weight is 473 g/mol. The molecule has 0 bridgehead atoms. The van der Waals surface area contributed by atoms with E-state index in [1.165, 1.54) is 12.8 Å². The molecule has 0 amide bonds. The molecule has 33 heavy (non-hydrogen) atoms. The van der Waals surface area contributed by atoms with E-state index < -0.39 is 0 Å². The van der Waals surface area contributed by atoms with Gasteiger partial charge in [-0.2, -0.15) is 0 Å². The molecule has 7 nitrogen and oxygen atoms in total. The number of halogens is 1. The molecule has 0 spiro atoms. The summed E-state index contributed by atoms with van der Waals surface area (Å²) < 4.78 is 10.8. The summed E-state index contributed by atoms with van der Waals surface area (Å²) in [6.45, 7) is 6.80. The van der Waals surface area contributed by atoms with Crippen molar-refractivity contribution in [2.45, 2.75) is 57.9 Å². The van der Waals surface area contributed by atoms with Crippen LogP contribution in [0.5, 0.6) is 0 Å². The SMILES string of the molecule is CCOC(=O)CC(C)c1cnc(N(CC2CC2)C2CCOCC2)c(Nc2ccc(Cl)cn2)c1. The average Bonchev–Trinajstić information content (AvgIpc) is 3.64. The molecule has 2 fully saturated rings. The van der Waals surface area contributed by atoms with Gasteiger partial charge in [-0.05, 0) is 68.2 Å². The Morgan fingerprint density at radius 3 is 2.70 bits per heavy atom. The van der Waals surface area contributed by atoms with Crippen LogP contribution < -0.4 is 10.2 Å². The number of hydrogen-bond donors (Lipinski definition) is 1. The second kappa shape index (κ2) is 11.2. The van der Waals surface area contributed by atoms with Crippen molar-refractivity contribution >= 4 is 34.9 Å². The van der Waals surface area contributed by atoms with Crippen molar-refractivity contribution < 1.29 is 14.3 Å². The van der Waals surface area contributed by atoms with Crippen molar-refractivity contribution in [3.63, 3.8) is 0 Å². The number of hydrogen-bond acceptors (Lipinski definition) is 7. The van der Waals surface area contributed by atoms with Crippen LogP contribution in [0, 0.1) is 5.92 Å². The van der Waals surface area contributed by atoms with Crippen LogP contribution in [0.4, 0.5) is 17.3 Å².